The third-order valence-electron chi connectivity index (χ3n) is 4.15. The molecule has 1 fully saturated rings. The second kappa shape index (κ2) is 7.77. The summed E-state index contributed by atoms with van der Waals surface area (Å²) in [7, 11) is -2.25. The Hall–Kier alpha value is -1.55. The van der Waals surface area contributed by atoms with Gasteiger partial charge in [-0.05, 0) is 6.92 Å². The second-order valence-electron chi connectivity index (χ2n) is 5.75. The summed E-state index contributed by atoms with van der Waals surface area (Å²) in [5, 5.41) is 23.7. The molecule has 1 aliphatic rings. The summed E-state index contributed by atoms with van der Waals surface area (Å²) in [6.07, 6.45) is 0.640. The van der Waals surface area contributed by atoms with Gasteiger partial charge in [0.1, 0.15) is 23.5 Å². The molecule has 0 bridgehead atoms. The summed E-state index contributed by atoms with van der Waals surface area (Å²) in [5.74, 6) is 0. The first kappa shape index (κ1) is 18.2. The summed E-state index contributed by atoms with van der Waals surface area (Å²) >= 11 is 0. The van der Waals surface area contributed by atoms with Crippen LogP contribution in [-0.4, -0.2) is 63.0 Å². The van der Waals surface area contributed by atoms with Gasteiger partial charge in [-0.3, -0.25) is 9.36 Å². The van der Waals surface area contributed by atoms with E-state index in [0.29, 0.717) is 23.2 Å². The van der Waals surface area contributed by atoms with Gasteiger partial charge in [0.2, 0.25) is 8.03 Å². The van der Waals surface area contributed by atoms with Crippen LogP contribution < -0.4 is 10.9 Å². The van der Waals surface area contributed by atoms with E-state index >= 15 is 0 Å². The molecule has 138 valence electrons. The van der Waals surface area contributed by atoms with Gasteiger partial charge in [-0.15, -0.1) is 0 Å². The number of nitrogens with zero attached hydrogens (tertiary/aromatic N) is 1. The van der Waals surface area contributed by atoms with Crippen LogP contribution in [0.4, 0.5) is 0 Å². The maximum Gasteiger partial charge on any atom is 0.275 e. The van der Waals surface area contributed by atoms with Crippen LogP contribution in [0.15, 0.2) is 17.3 Å². The van der Waals surface area contributed by atoms with Crippen molar-refractivity contribution in [2.24, 2.45) is 0 Å². The van der Waals surface area contributed by atoms with Crippen LogP contribution >= 0.6 is 8.03 Å². The van der Waals surface area contributed by atoms with E-state index in [9.17, 15) is 19.6 Å². The SMILES string of the molecule is CCO[PH](=O)COC[C@H]1N[C@@H](c2c[nH]c3c(=O)[nH]cnc23)[C@H](O)[C@@H]1O. The highest BCUT2D eigenvalue weighted by Crippen LogP contribution is 2.31. The molecule has 10 nitrogen and oxygen atoms in total. The standard InChI is InChI=1S/C14H21N4O6P/c1-2-24-25(22)6-23-4-8-12(19)13(20)10(18-8)7-3-15-11-9(7)16-5-17-14(11)21/h3,5,8,10,12-13,15,18-20,25H,2,4,6H2,1H3,(H,16,17,21)/t8-,10+,12-,13+/m1/s1. The number of H-pyrrole nitrogens is 2. The number of hydrogen-bond acceptors (Lipinski definition) is 8. The Morgan fingerprint density at radius 1 is 1.32 bits per heavy atom. The van der Waals surface area contributed by atoms with E-state index in [2.05, 4.69) is 20.3 Å². The van der Waals surface area contributed by atoms with Gasteiger partial charge < -0.3 is 34.8 Å². The average Bonchev–Trinajstić information content (AvgIpc) is 3.12. The van der Waals surface area contributed by atoms with Crippen LogP contribution in [-0.2, 0) is 13.8 Å². The fraction of sp³-hybridized carbons (Fsp3) is 0.571. The van der Waals surface area contributed by atoms with E-state index in [1.807, 2.05) is 0 Å². The van der Waals surface area contributed by atoms with E-state index < -0.39 is 32.3 Å². The normalized spacial score (nSPS) is 27.8. The highest BCUT2D eigenvalue weighted by atomic mass is 31.1. The zero-order valence-corrected chi connectivity index (χ0v) is 14.6. The van der Waals surface area contributed by atoms with Crippen LogP contribution in [0, 0.1) is 0 Å². The lowest BCUT2D eigenvalue weighted by Gasteiger charge is -2.15. The number of aliphatic hydroxyl groups is 2. The topological polar surface area (TPSA) is 150 Å². The van der Waals surface area contributed by atoms with Crippen molar-refractivity contribution in [1.82, 2.24) is 20.3 Å². The number of aromatic amines is 2. The first-order valence-corrected chi connectivity index (χ1v) is 9.45. The lowest BCUT2D eigenvalue weighted by atomic mass is 10.0. The first-order valence-electron chi connectivity index (χ1n) is 7.93. The molecule has 1 unspecified atom stereocenters. The van der Waals surface area contributed by atoms with E-state index in [0.717, 1.165) is 0 Å². The van der Waals surface area contributed by atoms with E-state index in [-0.39, 0.29) is 18.5 Å². The van der Waals surface area contributed by atoms with Crippen molar-refractivity contribution in [2.45, 2.75) is 31.2 Å². The Morgan fingerprint density at radius 2 is 2.12 bits per heavy atom. The van der Waals surface area contributed by atoms with Crippen molar-refractivity contribution in [3.05, 3.63) is 28.4 Å². The highest BCUT2D eigenvalue weighted by Gasteiger charge is 2.42. The van der Waals surface area contributed by atoms with E-state index in [4.69, 9.17) is 9.26 Å². The Morgan fingerprint density at radius 3 is 2.88 bits per heavy atom. The molecule has 0 spiro atoms. The fourth-order valence-corrected chi connectivity index (χ4v) is 3.65. The van der Waals surface area contributed by atoms with Gasteiger partial charge in [0.15, 0.2) is 0 Å². The van der Waals surface area contributed by atoms with Crippen molar-refractivity contribution in [1.29, 1.82) is 0 Å². The molecule has 0 aliphatic carbocycles. The van der Waals surface area contributed by atoms with Gasteiger partial charge in [0.25, 0.3) is 5.56 Å². The molecule has 1 aliphatic heterocycles. The predicted octanol–water partition coefficient (Wildman–Crippen LogP) is -0.529. The molecule has 0 saturated carbocycles. The molecular weight excluding hydrogens is 351 g/mol. The number of rotatable bonds is 7. The molecule has 3 rings (SSSR count). The van der Waals surface area contributed by atoms with Gasteiger partial charge in [-0.25, -0.2) is 4.98 Å². The molecule has 1 saturated heterocycles. The van der Waals surface area contributed by atoms with Crippen LogP contribution in [0.3, 0.4) is 0 Å². The molecule has 5 N–H and O–H groups in total. The maximum absolute atomic E-state index is 11.8. The minimum Gasteiger partial charge on any atom is -0.389 e. The Bertz CT molecular complexity index is 808. The Balaban J connectivity index is 1.70. The summed E-state index contributed by atoms with van der Waals surface area (Å²) in [4.78, 5) is 21.2. The summed E-state index contributed by atoms with van der Waals surface area (Å²) < 4.78 is 21.7. The molecule has 2 aromatic heterocycles. The predicted molar refractivity (Wildman–Crippen MR) is 89.8 cm³/mol. The molecule has 25 heavy (non-hydrogen) atoms. The van der Waals surface area contributed by atoms with Crippen molar-refractivity contribution in [3.8, 4) is 0 Å². The van der Waals surface area contributed by atoms with Crippen molar-refractivity contribution in [3.63, 3.8) is 0 Å². The molecule has 0 aromatic carbocycles. The van der Waals surface area contributed by atoms with Gasteiger partial charge in [0, 0.05) is 11.8 Å². The minimum absolute atomic E-state index is 0.0474. The van der Waals surface area contributed by atoms with Crippen molar-refractivity contribution < 1.29 is 24.0 Å². The maximum atomic E-state index is 11.8. The van der Waals surface area contributed by atoms with E-state index in [1.165, 1.54) is 6.33 Å². The Kier molecular flexibility index (Phi) is 5.67. The monoisotopic (exact) mass is 372 g/mol. The van der Waals surface area contributed by atoms with Crippen molar-refractivity contribution >= 4 is 19.1 Å². The second-order valence-corrected chi connectivity index (χ2v) is 7.07. The molecular formula is C14H21N4O6P. The largest absolute Gasteiger partial charge is 0.389 e. The van der Waals surface area contributed by atoms with Gasteiger partial charge in [0.05, 0.1) is 37.7 Å². The number of ether oxygens (including phenoxy) is 1. The van der Waals surface area contributed by atoms with E-state index in [1.54, 1.807) is 13.1 Å². The van der Waals surface area contributed by atoms with Crippen LogP contribution in [0.25, 0.3) is 11.0 Å². The third kappa shape index (κ3) is 3.69. The lowest BCUT2D eigenvalue weighted by Crippen LogP contribution is -2.37. The molecule has 11 heteroatoms. The number of aromatic nitrogens is 3. The van der Waals surface area contributed by atoms with Crippen LogP contribution in [0.2, 0.25) is 0 Å². The molecule has 2 aromatic rings. The summed E-state index contributed by atoms with van der Waals surface area (Å²) in [6, 6.07) is -1.17. The number of fused-ring (bicyclic) bond motifs is 1. The zero-order valence-electron chi connectivity index (χ0n) is 13.6. The first-order chi connectivity index (χ1) is 12.0. The highest BCUT2D eigenvalue weighted by molar-refractivity contribution is 7.38. The minimum atomic E-state index is -2.25. The van der Waals surface area contributed by atoms with Crippen LogP contribution in [0.1, 0.15) is 18.5 Å². The fourth-order valence-electron chi connectivity index (χ4n) is 2.96. The quantitative estimate of drug-likeness (QED) is 0.407. The molecule has 3 heterocycles. The smallest absolute Gasteiger partial charge is 0.275 e. The third-order valence-corrected chi connectivity index (χ3v) is 5.20. The summed E-state index contributed by atoms with van der Waals surface area (Å²) in [5.41, 5.74) is 0.995. The van der Waals surface area contributed by atoms with Gasteiger partial charge in [-0.1, -0.05) is 0 Å². The average molecular weight is 372 g/mol. The number of aliphatic hydroxyl groups excluding tert-OH is 2. The zero-order chi connectivity index (χ0) is 18.0. The molecule has 0 radical (unpaired) electrons. The summed E-state index contributed by atoms with van der Waals surface area (Å²) in [6.45, 7) is 2.15. The Labute approximate surface area is 143 Å². The van der Waals surface area contributed by atoms with Crippen molar-refractivity contribution in [2.75, 3.05) is 19.6 Å². The van der Waals surface area contributed by atoms with Crippen LogP contribution in [0.5, 0.6) is 0 Å². The van der Waals surface area contributed by atoms with Gasteiger partial charge >= 0.3 is 0 Å². The van der Waals surface area contributed by atoms with Gasteiger partial charge in [-0.2, -0.15) is 0 Å². The molecule has 5 atom stereocenters. The number of nitrogens with one attached hydrogen (secondary N) is 3. The lowest BCUT2D eigenvalue weighted by molar-refractivity contribution is 0.0128. The molecule has 0 amide bonds. The number of hydrogen-bond donors (Lipinski definition) is 5.